The maximum Gasteiger partial charge on any atom is 0.109 e. The summed E-state index contributed by atoms with van der Waals surface area (Å²) in [6, 6.07) is 0. The predicted molar refractivity (Wildman–Crippen MR) is 203 cm³/mol. The van der Waals surface area contributed by atoms with E-state index in [0.29, 0.717) is 6.54 Å². The van der Waals surface area contributed by atoms with E-state index in [4.69, 9.17) is 0 Å². The van der Waals surface area contributed by atoms with Gasteiger partial charge in [-0.15, -0.1) is 12.8 Å². The van der Waals surface area contributed by atoms with Crippen molar-refractivity contribution in [1.82, 2.24) is 20.9 Å². The number of rotatable bonds is 13. The van der Waals surface area contributed by atoms with Gasteiger partial charge >= 0.3 is 0 Å². The number of aliphatic imine (C=N–C) groups is 2. The Bertz CT molecular complexity index is 1230. The third kappa shape index (κ3) is 18.2. The van der Waals surface area contributed by atoms with Crippen LogP contribution in [-0.4, -0.2) is 57.7 Å². The monoisotopic (exact) mass is 612 g/mol. The molecule has 6 nitrogen and oxygen atoms in total. The summed E-state index contributed by atoms with van der Waals surface area (Å²) in [5.41, 5.74) is 11.4. The molecular weight excluding hydrogens is 552 g/mol. The number of terminal acetylenes is 1. The minimum Gasteiger partial charge on any atom is -0.387 e. The van der Waals surface area contributed by atoms with Crippen molar-refractivity contribution in [1.29, 1.82) is 0 Å². The Balaban J connectivity index is 0. The molecule has 0 fully saturated rings. The first-order valence-corrected chi connectivity index (χ1v) is 15.5. The fourth-order valence-electron chi connectivity index (χ4n) is 4.06. The highest BCUT2D eigenvalue weighted by Gasteiger charge is 2.19. The number of hydrogen-bond donors (Lipinski definition) is 3. The van der Waals surface area contributed by atoms with Crippen LogP contribution in [0.2, 0.25) is 0 Å². The van der Waals surface area contributed by atoms with Crippen LogP contribution in [0.1, 0.15) is 60.3 Å². The Morgan fingerprint density at radius 3 is 2.29 bits per heavy atom. The largest absolute Gasteiger partial charge is 0.387 e. The highest BCUT2D eigenvalue weighted by Crippen LogP contribution is 2.30. The van der Waals surface area contributed by atoms with Gasteiger partial charge in [-0.25, -0.2) is 4.99 Å². The molecule has 0 saturated heterocycles. The summed E-state index contributed by atoms with van der Waals surface area (Å²) in [6.07, 6.45) is 25.9. The Hall–Kier alpha value is -4.34. The Labute approximate surface area is 276 Å². The second-order valence-electron chi connectivity index (χ2n) is 10.4. The van der Waals surface area contributed by atoms with Crippen LogP contribution in [0, 0.1) is 12.8 Å². The van der Waals surface area contributed by atoms with Crippen molar-refractivity contribution in [2.24, 2.45) is 9.98 Å². The lowest BCUT2D eigenvalue weighted by molar-refractivity contribution is 0.469. The Morgan fingerprint density at radius 2 is 1.73 bits per heavy atom. The van der Waals surface area contributed by atoms with Gasteiger partial charge < -0.3 is 20.9 Å². The van der Waals surface area contributed by atoms with Gasteiger partial charge in [-0.3, -0.25) is 4.99 Å². The molecule has 0 spiro atoms. The smallest absolute Gasteiger partial charge is 0.109 e. The maximum atomic E-state index is 4.43. The van der Waals surface area contributed by atoms with Gasteiger partial charge in [-0.05, 0) is 94.6 Å². The van der Waals surface area contributed by atoms with E-state index in [1.54, 1.807) is 19.6 Å². The second-order valence-corrected chi connectivity index (χ2v) is 10.4. The summed E-state index contributed by atoms with van der Waals surface area (Å²) in [4.78, 5) is 10.5. The summed E-state index contributed by atoms with van der Waals surface area (Å²) < 4.78 is 0. The van der Waals surface area contributed by atoms with Gasteiger partial charge in [0.25, 0.3) is 0 Å². The molecule has 0 aromatic heterocycles. The summed E-state index contributed by atoms with van der Waals surface area (Å²) in [7, 11) is 5.76. The lowest BCUT2D eigenvalue weighted by atomic mass is 9.90. The molecule has 0 aromatic rings. The molecule has 6 heteroatoms. The van der Waals surface area contributed by atoms with Crippen LogP contribution in [0.5, 0.6) is 0 Å². The quantitative estimate of drug-likeness (QED) is 0.0645. The van der Waals surface area contributed by atoms with Crippen molar-refractivity contribution >= 4 is 12.1 Å². The molecule has 3 N–H and O–H groups in total. The van der Waals surface area contributed by atoms with Crippen LogP contribution < -0.4 is 16.0 Å². The topological polar surface area (TPSA) is 64.0 Å². The third-order valence-electron chi connectivity index (χ3n) is 6.71. The van der Waals surface area contributed by atoms with Crippen molar-refractivity contribution in [2.75, 3.05) is 40.8 Å². The fourth-order valence-corrected chi connectivity index (χ4v) is 4.06. The minimum atomic E-state index is 0.715. The molecule has 2 rings (SSSR count). The predicted octanol–water partition coefficient (Wildman–Crippen LogP) is 8.20. The van der Waals surface area contributed by atoms with Crippen molar-refractivity contribution < 1.29 is 0 Å². The molecule has 0 aromatic carbocycles. The van der Waals surface area contributed by atoms with E-state index < -0.39 is 0 Å². The van der Waals surface area contributed by atoms with Crippen LogP contribution in [0.4, 0.5) is 0 Å². The van der Waals surface area contributed by atoms with Gasteiger partial charge in [0.05, 0.1) is 11.4 Å². The SMILES string of the molecule is C#C.C=C1CCC2=C(N1)/C(C)=C(/CNC(=C)C(CN(C)C)=NC=NC)CC=CC2.C=CNCC(/C=C\C(=C)C(=C)C)=C/C.CC. The second kappa shape index (κ2) is 26.1. The van der Waals surface area contributed by atoms with Crippen LogP contribution >= 0.6 is 0 Å². The molecule has 0 amide bonds. The van der Waals surface area contributed by atoms with Crippen LogP contribution in [0.3, 0.4) is 0 Å². The zero-order valence-corrected chi connectivity index (χ0v) is 29.5. The first-order valence-electron chi connectivity index (χ1n) is 15.5. The number of nitrogens with zero attached hydrogens (tertiary/aromatic N) is 3. The van der Waals surface area contributed by atoms with Gasteiger partial charge in [0, 0.05) is 38.1 Å². The zero-order chi connectivity index (χ0) is 34.8. The molecular formula is C39H60N6. The maximum absolute atomic E-state index is 4.43. The standard InChI is InChI=1S/C22H33N5.C13H19N.C2H6.C2H2/c1-16-11-12-19-9-7-8-10-20(17(2)22(19)26-16)13-24-18(3)21(14-27(5)6)25-15-23-4;1-6-13(10-14-7-2)9-8-12(5)11(3)4;2*1-2/h7-8,15,24,26H,1,3,9-14H2,2,4-6H3;6-9,14H,2-3,5,10H2,1,4H3;1-2H3;1-2H/b8-7?,20-17+,23-15?,25-21?;9-8-,13-6+;;. The van der Waals surface area contributed by atoms with E-state index in [2.05, 4.69) is 102 Å². The summed E-state index contributed by atoms with van der Waals surface area (Å²) in [5, 5.41) is 10.0. The molecule has 0 radical (unpaired) electrons. The first kappa shape index (κ1) is 42.8. The van der Waals surface area contributed by atoms with E-state index in [-0.39, 0.29) is 0 Å². The van der Waals surface area contributed by atoms with Crippen molar-refractivity contribution in [3.63, 3.8) is 0 Å². The Kier molecular flexibility index (Phi) is 24.8. The summed E-state index contributed by atoms with van der Waals surface area (Å²) >= 11 is 0. The zero-order valence-electron chi connectivity index (χ0n) is 29.5. The van der Waals surface area contributed by atoms with E-state index in [1.165, 1.54) is 28.0 Å². The molecule has 0 saturated carbocycles. The van der Waals surface area contributed by atoms with E-state index in [0.717, 1.165) is 67.0 Å². The molecule has 246 valence electrons. The Morgan fingerprint density at radius 1 is 1.09 bits per heavy atom. The number of hydrogen-bond acceptors (Lipinski definition) is 5. The molecule has 0 atom stereocenters. The van der Waals surface area contributed by atoms with Crippen LogP contribution in [0.15, 0.2) is 130 Å². The van der Waals surface area contributed by atoms with E-state index in [9.17, 15) is 0 Å². The van der Waals surface area contributed by atoms with Crippen molar-refractivity contribution in [3.05, 3.63) is 120 Å². The van der Waals surface area contributed by atoms with Gasteiger partial charge in [-0.2, -0.15) is 0 Å². The van der Waals surface area contributed by atoms with Crippen molar-refractivity contribution in [2.45, 2.75) is 60.3 Å². The average Bonchev–Trinajstić information content (AvgIpc) is 3.03. The first-order chi connectivity index (χ1) is 21.5. The van der Waals surface area contributed by atoms with E-state index >= 15 is 0 Å². The molecule has 1 aliphatic heterocycles. The molecule has 45 heavy (non-hydrogen) atoms. The third-order valence-corrected chi connectivity index (χ3v) is 6.71. The van der Waals surface area contributed by atoms with E-state index in [1.807, 2.05) is 53.9 Å². The lowest BCUT2D eigenvalue weighted by Gasteiger charge is -2.27. The molecule has 2 aliphatic rings. The van der Waals surface area contributed by atoms with Crippen LogP contribution in [0.25, 0.3) is 0 Å². The lowest BCUT2D eigenvalue weighted by Crippen LogP contribution is -2.30. The highest BCUT2D eigenvalue weighted by molar-refractivity contribution is 6.04. The highest BCUT2D eigenvalue weighted by atomic mass is 15.1. The molecule has 0 bridgehead atoms. The molecule has 1 aliphatic carbocycles. The molecule has 1 heterocycles. The fraction of sp³-hybridized carbons (Fsp3) is 0.385. The molecule has 0 unspecified atom stereocenters. The van der Waals surface area contributed by atoms with Crippen LogP contribution in [-0.2, 0) is 0 Å². The van der Waals surface area contributed by atoms with Gasteiger partial charge in [0.1, 0.15) is 6.34 Å². The van der Waals surface area contributed by atoms with Gasteiger partial charge in [0.15, 0.2) is 0 Å². The summed E-state index contributed by atoms with van der Waals surface area (Å²) in [6.45, 7) is 32.0. The normalized spacial score (nSPS) is 16.5. The number of nitrogens with one attached hydrogen (secondary N) is 3. The average molecular weight is 613 g/mol. The van der Waals surface area contributed by atoms with Gasteiger partial charge in [-0.1, -0.05) is 82.7 Å². The number of allylic oxidation sites excluding steroid dienone is 9. The minimum absolute atomic E-state index is 0.715. The summed E-state index contributed by atoms with van der Waals surface area (Å²) in [5.74, 6) is 0. The van der Waals surface area contributed by atoms with Gasteiger partial charge in [0.2, 0.25) is 0 Å². The van der Waals surface area contributed by atoms with Crippen molar-refractivity contribution in [3.8, 4) is 12.8 Å².